The first-order chi connectivity index (χ1) is 17.0. The number of alkyl carbamates (subject to hydrolysis) is 1. The van der Waals surface area contributed by atoms with Crippen molar-refractivity contribution in [2.45, 2.75) is 37.8 Å². The average Bonchev–Trinajstić information content (AvgIpc) is 3.44. The lowest BCUT2D eigenvalue weighted by Crippen LogP contribution is -2.54. The number of aliphatic carboxylic acids is 1. The number of hydrogen-bond acceptors (Lipinski definition) is 5. The minimum atomic E-state index is -0.883. The fourth-order valence-corrected chi connectivity index (χ4v) is 5.73. The molecule has 3 aliphatic rings. The Morgan fingerprint density at radius 2 is 1.69 bits per heavy atom. The van der Waals surface area contributed by atoms with Crippen LogP contribution in [-0.4, -0.2) is 66.4 Å². The molecule has 2 heterocycles. The van der Waals surface area contributed by atoms with Crippen LogP contribution in [0.5, 0.6) is 0 Å². The number of carbonyl (C=O) groups excluding carboxylic acids is 2. The fraction of sp³-hybridized carbons (Fsp3) is 0.444. The van der Waals surface area contributed by atoms with Crippen LogP contribution in [0.15, 0.2) is 48.5 Å². The maximum absolute atomic E-state index is 13.3. The van der Waals surface area contributed by atoms with E-state index in [1.807, 2.05) is 24.3 Å². The van der Waals surface area contributed by atoms with E-state index < -0.39 is 36.0 Å². The van der Waals surface area contributed by atoms with Gasteiger partial charge < -0.3 is 24.8 Å². The van der Waals surface area contributed by atoms with Gasteiger partial charge in [-0.25, -0.2) is 4.79 Å². The van der Waals surface area contributed by atoms with Crippen molar-refractivity contribution in [1.29, 1.82) is 0 Å². The first kappa shape index (κ1) is 23.4. The third kappa shape index (κ3) is 4.38. The third-order valence-electron chi connectivity index (χ3n) is 7.63. The number of amides is 2. The van der Waals surface area contributed by atoms with Crippen LogP contribution in [0, 0.1) is 11.8 Å². The number of hydrogen-bond donors (Lipinski definition) is 2. The van der Waals surface area contributed by atoms with E-state index in [-0.39, 0.29) is 31.6 Å². The van der Waals surface area contributed by atoms with E-state index in [4.69, 9.17) is 9.47 Å². The predicted octanol–water partition coefficient (Wildman–Crippen LogP) is 3.25. The Balaban J connectivity index is 1.22. The molecule has 2 saturated heterocycles. The van der Waals surface area contributed by atoms with Crippen molar-refractivity contribution < 1.29 is 29.0 Å². The first-order valence-electron chi connectivity index (χ1n) is 12.2. The second-order valence-electron chi connectivity index (χ2n) is 9.58. The van der Waals surface area contributed by atoms with Gasteiger partial charge in [-0.05, 0) is 42.0 Å². The van der Waals surface area contributed by atoms with Gasteiger partial charge in [0, 0.05) is 18.5 Å². The number of benzene rings is 2. The van der Waals surface area contributed by atoms with Gasteiger partial charge in [0.15, 0.2) is 0 Å². The summed E-state index contributed by atoms with van der Waals surface area (Å²) in [6.07, 6.45) is 0.615. The number of carbonyl (C=O) groups is 3. The maximum atomic E-state index is 13.3. The quantitative estimate of drug-likeness (QED) is 0.684. The molecule has 2 N–H and O–H groups in total. The van der Waals surface area contributed by atoms with Gasteiger partial charge in [-0.3, -0.25) is 9.59 Å². The summed E-state index contributed by atoms with van der Waals surface area (Å²) in [5.74, 6) is -2.25. The van der Waals surface area contributed by atoms with Gasteiger partial charge in [-0.1, -0.05) is 48.5 Å². The summed E-state index contributed by atoms with van der Waals surface area (Å²) in [6.45, 7) is 2.88. The fourth-order valence-electron chi connectivity index (χ4n) is 5.73. The summed E-state index contributed by atoms with van der Waals surface area (Å²) < 4.78 is 11.2. The van der Waals surface area contributed by atoms with Gasteiger partial charge in [0.05, 0.1) is 31.1 Å². The molecule has 2 aromatic carbocycles. The van der Waals surface area contributed by atoms with Crippen molar-refractivity contribution in [2.75, 3.05) is 26.4 Å². The van der Waals surface area contributed by atoms with Gasteiger partial charge in [-0.2, -0.15) is 0 Å². The summed E-state index contributed by atoms with van der Waals surface area (Å²) in [5, 5.41) is 12.3. The summed E-state index contributed by atoms with van der Waals surface area (Å²) in [4.78, 5) is 39.2. The summed E-state index contributed by atoms with van der Waals surface area (Å²) in [7, 11) is 0. The first-order valence-corrected chi connectivity index (χ1v) is 12.2. The van der Waals surface area contributed by atoms with Crippen molar-refractivity contribution >= 4 is 18.0 Å². The smallest absolute Gasteiger partial charge is 0.407 e. The Morgan fingerprint density at radius 1 is 1.03 bits per heavy atom. The minimum Gasteiger partial charge on any atom is -0.481 e. The highest BCUT2D eigenvalue weighted by Crippen LogP contribution is 2.44. The number of ether oxygens (including phenoxy) is 2. The summed E-state index contributed by atoms with van der Waals surface area (Å²) in [6, 6.07) is 15.3. The van der Waals surface area contributed by atoms with Crippen LogP contribution in [0.2, 0.25) is 0 Å². The zero-order chi connectivity index (χ0) is 24.5. The van der Waals surface area contributed by atoms with E-state index >= 15 is 0 Å². The third-order valence-corrected chi connectivity index (χ3v) is 7.63. The maximum Gasteiger partial charge on any atom is 0.407 e. The Kier molecular flexibility index (Phi) is 6.47. The van der Waals surface area contributed by atoms with Crippen molar-refractivity contribution in [3.63, 3.8) is 0 Å². The predicted molar refractivity (Wildman–Crippen MR) is 128 cm³/mol. The largest absolute Gasteiger partial charge is 0.481 e. The molecule has 4 atom stereocenters. The highest BCUT2D eigenvalue weighted by molar-refractivity contribution is 5.83. The molecule has 2 fully saturated rings. The van der Waals surface area contributed by atoms with Crippen LogP contribution in [0.4, 0.5) is 4.79 Å². The van der Waals surface area contributed by atoms with E-state index in [0.29, 0.717) is 19.4 Å². The number of fused-ring (bicyclic) bond motifs is 3. The number of carboxylic acids is 1. The number of likely N-dealkylation sites (tertiary alicyclic amines) is 1. The van der Waals surface area contributed by atoms with E-state index in [1.54, 1.807) is 11.8 Å². The highest BCUT2D eigenvalue weighted by Gasteiger charge is 2.43. The second-order valence-corrected chi connectivity index (χ2v) is 9.58. The molecule has 2 aromatic rings. The van der Waals surface area contributed by atoms with E-state index in [2.05, 4.69) is 29.6 Å². The highest BCUT2D eigenvalue weighted by atomic mass is 16.5. The van der Waals surface area contributed by atoms with Gasteiger partial charge in [0.2, 0.25) is 5.91 Å². The molecule has 2 amide bonds. The van der Waals surface area contributed by atoms with Crippen molar-refractivity contribution in [2.24, 2.45) is 11.8 Å². The molecular weight excluding hydrogens is 448 g/mol. The lowest BCUT2D eigenvalue weighted by molar-refractivity contribution is -0.150. The van der Waals surface area contributed by atoms with Crippen LogP contribution >= 0.6 is 0 Å². The molecule has 184 valence electrons. The average molecular weight is 479 g/mol. The van der Waals surface area contributed by atoms with Crippen LogP contribution in [-0.2, 0) is 19.1 Å². The summed E-state index contributed by atoms with van der Waals surface area (Å²) in [5.41, 5.74) is 4.57. The Bertz CT molecular complexity index is 1090. The number of nitrogens with zero attached hydrogens (tertiary/aromatic N) is 1. The Morgan fingerprint density at radius 3 is 2.34 bits per heavy atom. The molecule has 0 spiro atoms. The molecule has 35 heavy (non-hydrogen) atoms. The Labute approximate surface area is 204 Å². The van der Waals surface area contributed by atoms with Gasteiger partial charge in [-0.15, -0.1) is 0 Å². The summed E-state index contributed by atoms with van der Waals surface area (Å²) >= 11 is 0. The molecule has 8 heteroatoms. The van der Waals surface area contributed by atoms with Crippen molar-refractivity contribution in [1.82, 2.24) is 10.2 Å². The second kappa shape index (κ2) is 9.70. The lowest BCUT2D eigenvalue weighted by Gasteiger charge is -2.39. The molecule has 1 aliphatic carbocycles. The Hall–Kier alpha value is -3.39. The molecule has 0 saturated carbocycles. The molecule has 0 bridgehead atoms. The molecular formula is C27H30N2O6. The standard InChI is InChI=1S/C27H30N2O6/c1-16-17(26(31)32)11-6-12-29(16)25(30)23-13-34-15-24(23)28-27(33)35-14-22-20-9-4-2-7-18(20)19-8-3-5-10-21(19)22/h2-5,7-10,16-17,22-24H,6,11-15H2,1H3,(H,28,33)(H,31,32)/t16-,17-,23?,24?/m1/s1. The zero-order valence-corrected chi connectivity index (χ0v) is 19.7. The topological polar surface area (TPSA) is 105 Å². The molecule has 0 aromatic heterocycles. The van der Waals surface area contributed by atoms with Crippen LogP contribution < -0.4 is 5.32 Å². The van der Waals surface area contributed by atoms with Gasteiger partial charge in [0.1, 0.15) is 6.61 Å². The molecule has 0 radical (unpaired) electrons. The van der Waals surface area contributed by atoms with Crippen LogP contribution in [0.1, 0.15) is 36.8 Å². The van der Waals surface area contributed by atoms with Gasteiger partial charge >= 0.3 is 12.1 Å². The monoisotopic (exact) mass is 478 g/mol. The SMILES string of the molecule is C[C@@H]1[C@H](C(=O)O)CCCN1C(=O)C1COCC1NC(=O)OCC1c2ccccc2-c2ccccc21. The number of rotatable bonds is 5. The minimum absolute atomic E-state index is 0.0486. The normalized spacial score (nSPS) is 25.6. The zero-order valence-electron chi connectivity index (χ0n) is 19.7. The van der Waals surface area contributed by atoms with E-state index in [0.717, 1.165) is 22.3 Å². The van der Waals surface area contributed by atoms with E-state index in [1.165, 1.54) is 0 Å². The number of piperidine rings is 1. The number of carboxylic acid groups (broad SMARTS) is 1. The number of nitrogens with one attached hydrogen (secondary N) is 1. The van der Waals surface area contributed by atoms with Crippen molar-refractivity contribution in [3.8, 4) is 11.1 Å². The molecule has 8 nitrogen and oxygen atoms in total. The van der Waals surface area contributed by atoms with E-state index in [9.17, 15) is 19.5 Å². The molecule has 2 unspecified atom stereocenters. The van der Waals surface area contributed by atoms with Gasteiger partial charge in [0.25, 0.3) is 0 Å². The van der Waals surface area contributed by atoms with Crippen LogP contribution in [0.3, 0.4) is 0 Å². The molecule has 2 aliphatic heterocycles. The van der Waals surface area contributed by atoms with Crippen LogP contribution in [0.25, 0.3) is 11.1 Å². The lowest BCUT2D eigenvalue weighted by atomic mass is 9.88. The molecule has 5 rings (SSSR count). The van der Waals surface area contributed by atoms with Crippen molar-refractivity contribution in [3.05, 3.63) is 59.7 Å².